The van der Waals surface area contributed by atoms with Crippen LogP contribution in [-0.2, 0) is 10.1 Å². The van der Waals surface area contributed by atoms with Crippen molar-refractivity contribution in [3.05, 3.63) is 29.8 Å². The van der Waals surface area contributed by atoms with Gasteiger partial charge in [-0.05, 0) is 12.1 Å². The third kappa shape index (κ3) is 3.10. The molecule has 0 bridgehead atoms. The molecular formula is C7H4NNaO3S. The van der Waals surface area contributed by atoms with Crippen molar-refractivity contribution in [1.29, 1.82) is 5.26 Å². The topological polar surface area (TPSA) is 81.0 Å². The average molecular weight is 205 g/mol. The van der Waals surface area contributed by atoms with Gasteiger partial charge in [0, 0.05) is 0 Å². The fourth-order valence-electron chi connectivity index (χ4n) is 0.777. The molecular weight excluding hydrogens is 201 g/mol. The Labute approximate surface area is 98.2 Å². The molecule has 1 aromatic rings. The summed E-state index contributed by atoms with van der Waals surface area (Å²) in [5.41, 5.74) is -0.118. The zero-order chi connectivity index (χ0) is 9.19. The number of benzene rings is 1. The van der Waals surface area contributed by atoms with Crippen LogP contribution >= 0.6 is 0 Å². The Morgan fingerprint density at radius 3 is 2.23 bits per heavy atom. The van der Waals surface area contributed by atoms with Crippen LogP contribution < -0.4 is 29.6 Å². The molecule has 0 spiro atoms. The molecule has 4 nitrogen and oxygen atoms in total. The molecule has 0 saturated carbocycles. The number of rotatable bonds is 1. The van der Waals surface area contributed by atoms with Crippen molar-refractivity contribution >= 4 is 10.1 Å². The van der Waals surface area contributed by atoms with Gasteiger partial charge in [-0.3, -0.25) is 0 Å². The summed E-state index contributed by atoms with van der Waals surface area (Å²) in [5.74, 6) is 0. The van der Waals surface area contributed by atoms with E-state index in [2.05, 4.69) is 0 Å². The first-order chi connectivity index (χ1) is 5.55. The van der Waals surface area contributed by atoms with Crippen molar-refractivity contribution in [2.45, 2.75) is 4.90 Å². The van der Waals surface area contributed by atoms with E-state index in [9.17, 15) is 13.0 Å². The smallest absolute Gasteiger partial charge is 0.744 e. The molecule has 0 aliphatic carbocycles. The summed E-state index contributed by atoms with van der Waals surface area (Å²) in [4.78, 5) is -0.465. The molecule has 1 rings (SSSR count). The van der Waals surface area contributed by atoms with E-state index >= 15 is 0 Å². The molecule has 0 N–H and O–H groups in total. The minimum Gasteiger partial charge on any atom is -0.744 e. The zero-order valence-corrected chi connectivity index (χ0v) is 9.71. The van der Waals surface area contributed by atoms with Crippen molar-refractivity contribution < 1.29 is 42.5 Å². The molecule has 0 saturated heterocycles. The maximum atomic E-state index is 10.5. The van der Waals surface area contributed by atoms with Crippen molar-refractivity contribution in [2.24, 2.45) is 0 Å². The standard InChI is InChI=1S/C7H5NO3S.Na/c8-5-6-3-1-2-4-7(6)12(9,10)11;/h1-4H,(H,9,10,11);/q;+1/p-1. The van der Waals surface area contributed by atoms with Gasteiger partial charge >= 0.3 is 29.6 Å². The van der Waals surface area contributed by atoms with E-state index in [1.807, 2.05) is 0 Å². The average Bonchev–Trinajstić information content (AvgIpc) is 2.03. The molecule has 0 atom stereocenters. The quantitative estimate of drug-likeness (QED) is 0.374. The van der Waals surface area contributed by atoms with Crippen LogP contribution in [0.1, 0.15) is 5.56 Å². The van der Waals surface area contributed by atoms with E-state index in [0.29, 0.717) is 0 Å². The number of nitrogens with zero attached hydrogens (tertiary/aromatic N) is 1. The van der Waals surface area contributed by atoms with Crippen molar-refractivity contribution in [3.63, 3.8) is 0 Å². The fourth-order valence-corrected chi connectivity index (χ4v) is 1.41. The Bertz CT molecular complexity index is 435. The number of hydrogen-bond donors (Lipinski definition) is 0. The summed E-state index contributed by atoms with van der Waals surface area (Å²) in [6, 6.07) is 6.91. The molecule has 0 aromatic heterocycles. The maximum Gasteiger partial charge on any atom is 1.00 e. The summed E-state index contributed by atoms with van der Waals surface area (Å²) in [7, 11) is -4.52. The SMILES string of the molecule is N#Cc1ccccc1S(=O)(=O)[O-].[Na+]. The summed E-state index contributed by atoms with van der Waals surface area (Å²) in [6.07, 6.45) is 0. The van der Waals surface area contributed by atoms with Gasteiger partial charge in [0.15, 0.2) is 0 Å². The molecule has 0 unspecified atom stereocenters. The first kappa shape index (κ1) is 12.6. The van der Waals surface area contributed by atoms with Crippen LogP contribution in [0, 0.1) is 11.3 Å². The first-order valence-electron chi connectivity index (χ1n) is 3.01. The predicted octanol–water partition coefficient (Wildman–Crippen LogP) is -2.53. The normalized spacial score (nSPS) is 9.85. The van der Waals surface area contributed by atoms with Gasteiger partial charge in [0.1, 0.15) is 16.2 Å². The van der Waals surface area contributed by atoms with E-state index in [1.165, 1.54) is 18.2 Å². The summed E-state index contributed by atoms with van der Waals surface area (Å²) in [6.45, 7) is 0. The Morgan fingerprint density at radius 2 is 1.85 bits per heavy atom. The van der Waals surface area contributed by atoms with Gasteiger partial charge in [0.05, 0.1) is 10.5 Å². The van der Waals surface area contributed by atoms with Crippen molar-refractivity contribution in [3.8, 4) is 6.07 Å². The van der Waals surface area contributed by atoms with E-state index in [-0.39, 0.29) is 35.1 Å². The van der Waals surface area contributed by atoms with Gasteiger partial charge in [0.25, 0.3) is 0 Å². The molecule has 0 fully saturated rings. The second kappa shape index (κ2) is 4.74. The summed E-state index contributed by atoms with van der Waals surface area (Å²) >= 11 is 0. The monoisotopic (exact) mass is 205 g/mol. The van der Waals surface area contributed by atoms with Crippen LogP contribution in [0.3, 0.4) is 0 Å². The van der Waals surface area contributed by atoms with Crippen LogP contribution in [-0.4, -0.2) is 13.0 Å². The molecule has 13 heavy (non-hydrogen) atoms. The molecule has 62 valence electrons. The molecule has 0 heterocycles. The Morgan fingerprint density at radius 1 is 1.31 bits per heavy atom. The second-order valence-corrected chi connectivity index (χ2v) is 3.41. The molecule has 0 amide bonds. The summed E-state index contributed by atoms with van der Waals surface area (Å²) < 4.78 is 31.5. The molecule has 6 heteroatoms. The third-order valence-electron chi connectivity index (χ3n) is 1.28. The van der Waals surface area contributed by atoms with Gasteiger partial charge < -0.3 is 4.55 Å². The van der Waals surface area contributed by atoms with E-state index in [1.54, 1.807) is 6.07 Å². The first-order valence-corrected chi connectivity index (χ1v) is 4.41. The van der Waals surface area contributed by atoms with Gasteiger partial charge in [-0.1, -0.05) is 12.1 Å². The second-order valence-electron chi connectivity index (χ2n) is 2.06. The van der Waals surface area contributed by atoms with Crippen LogP contribution in [0.2, 0.25) is 0 Å². The van der Waals surface area contributed by atoms with Crippen LogP contribution in [0.4, 0.5) is 0 Å². The van der Waals surface area contributed by atoms with Crippen LogP contribution in [0.15, 0.2) is 29.2 Å². The summed E-state index contributed by atoms with van der Waals surface area (Å²) in [5, 5.41) is 8.43. The predicted molar refractivity (Wildman–Crippen MR) is 39.1 cm³/mol. The third-order valence-corrected chi connectivity index (χ3v) is 2.17. The molecule has 0 radical (unpaired) electrons. The minimum atomic E-state index is -4.52. The largest absolute Gasteiger partial charge is 1.00 e. The van der Waals surface area contributed by atoms with Crippen molar-refractivity contribution in [1.82, 2.24) is 0 Å². The Hall–Kier alpha value is -0.380. The number of nitriles is 1. The Kier molecular flexibility index (Phi) is 4.61. The minimum absolute atomic E-state index is 0. The van der Waals surface area contributed by atoms with Crippen LogP contribution in [0.5, 0.6) is 0 Å². The fraction of sp³-hybridized carbons (Fsp3) is 0. The van der Waals surface area contributed by atoms with E-state index in [4.69, 9.17) is 5.26 Å². The van der Waals surface area contributed by atoms with Crippen molar-refractivity contribution in [2.75, 3.05) is 0 Å². The number of hydrogen-bond acceptors (Lipinski definition) is 4. The molecule has 1 aromatic carbocycles. The maximum absolute atomic E-state index is 10.5. The van der Waals surface area contributed by atoms with E-state index in [0.717, 1.165) is 6.07 Å². The van der Waals surface area contributed by atoms with Crippen LogP contribution in [0.25, 0.3) is 0 Å². The van der Waals surface area contributed by atoms with Gasteiger partial charge in [-0.25, -0.2) is 8.42 Å². The van der Waals surface area contributed by atoms with E-state index < -0.39 is 15.0 Å². The van der Waals surface area contributed by atoms with Gasteiger partial charge in [-0.15, -0.1) is 0 Å². The molecule has 0 aliphatic heterocycles. The van der Waals surface area contributed by atoms with Gasteiger partial charge in [0.2, 0.25) is 0 Å². The molecule has 0 aliphatic rings. The zero-order valence-electron chi connectivity index (χ0n) is 6.89. The Balaban J connectivity index is 0.00000144. The van der Waals surface area contributed by atoms with Gasteiger partial charge in [-0.2, -0.15) is 5.26 Å².